The van der Waals surface area contributed by atoms with Gasteiger partial charge >= 0.3 is 0 Å². The second-order valence-corrected chi connectivity index (χ2v) is 6.30. The molecule has 0 aliphatic carbocycles. The second-order valence-electron chi connectivity index (χ2n) is 5.15. The third kappa shape index (κ3) is 3.77. The minimum absolute atomic E-state index is 0.163. The Hall–Kier alpha value is -0.960. The molecule has 18 heavy (non-hydrogen) atoms. The molecule has 1 unspecified atom stereocenters. The number of thioether (sulfide) groups is 1. The normalized spacial score (nSPS) is 19.6. The van der Waals surface area contributed by atoms with Crippen molar-refractivity contribution >= 4 is 23.4 Å². The van der Waals surface area contributed by atoms with E-state index in [9.17, 15) is 4.79 Å². The van der Waals surface area contributed by atoms with E-state index in [0.29, 0.717) is 12.3 Å². The third-order valence-corrected chi connectivity index (χ3v) is 4.68. The van der Waals surface area contributed by atoms with Gasteiger partial charge in [-0.3, -0.25) is 4.79 Å². The van der Waals surface area contributed by atoms with Gasteiger partial charge in [0.15, 0.2) is 0 Å². The topological polar surface area (TPSA) is 29.1 Å². The Morgan fingerprint density at radius 3 is 3.00 bits per heavy atom. The zero-order valence-corrected chi connectivity index (χ0v) is 12.0. The van der Waals surface area contributed by atoms with Gasteiger partial charge in [0.25, 0.3) is 0 Å². The average molecular weight is 263 g/mol. The van der Waals surface area contributed by atoms with E-state index >= 15 is 0 Å². The number of rotatable bonds is 3. The Labute approximate surface area is 114 Å². The van der Waals surface area contributed by atoms with Crippen LogP contribution in [0.4, 0.5) is 5.69 Å². The molecule has 1 amide bonds. The number of anilines is 1. The SMILES string of the molecule is Cc1ccc(C)c(NC(=O)CC2CCCSC2)c1. The average Bonchev–Trinajstić information content (AvgIpc) is 2.35. The number of amides is 1. The smallest absolute Gasteiger partial charge is 0.224 e. The molecular formula is C15H21NOS. The van der Waals surface area contributed by atoms with E-state index in [2.05, 4.69) is 17.4 Å². The van der Waals surface area contributed by atoms with Crippen LogP contribution in [0.1, 0.15) is 30.4 Å². The zero-order chi connectivity index (χ0) is 13.0. The number of hydrogen-bond acceptors (Lipinski definition) is 2. The highest BCUT2D eigenvalue weighted by molar-refractivity contribution is 7.99. The first-order valence-electron chi connectivity index (χ1n) is 6.60. The van der Waals surface area contributed by atoms with Crippen molar-refractivity contribution in [3.8, 4) is 0 Å². The van der Waals surface area contributed by atoms with Gasteiger partial charge in [-0.15, -0.1) is 0 Å². The van der Waals surface area contributed by atoms with Crippen molar-refractivity contribution in [3.63, 3.8) is 0 Å². The van der Waals surface area contributed by atoms with Crippen molar-refractivity contribution in [2.24, 2.45) is 5.92 Å². The van der Waals surface area contributed by atoms with Crippen molar-refractivity contribution in [3.05, 3.63) is 29.3 Å². The number of benzene rings is 1. The van der Waals surface area contributed by atoms with Crippen LogP contribution in [0.2, 0.25) is 0 Å². The van der Waals surface area contributed by atoms with Crippen LogP contribution in [0.25, 0.3) is 0 Å². The van der Waals surface area contributed by atoms with Gasteiger partial charge in [0.1, 0.15) is 0 Å². The largest absolute Gasteiger partial charge is 0.326 e. The van der Waals surface area contributed by atoms with E-state index in [1.165, 1.54) is 24.2 Å². The Morgan fingerprint density at radius 2 is 2.28 bits per heavy atom. The summed E-state index contributed by atoms with van der Waals surface area (Å²) in [5, 5.41) is 3.05. The van der Waals surface area contributed by atoms with E-state index in [-0.39, 0.29) is 5.91 Å². The van der Waals surface area contributed by atoms with Crippen LogP contribution >= 0.6 is 11.8 Å². The van der Waals surface area contributed by atoms with Crippen LogP contribution in [0.3, 0.4) is 0 Å². The molecule has 0 saturated carbocycles. The van der Waals surface area contributed by atoms with Crippen molar-refractivity contribution in [2.75, 3.05) is 16.8 Å². The molecule has 0 bridgehead atoms. The zero-order valence-electron chi connectivity index (χ0n) is 11.2. The lowest BCUT2D eigenvalue weighted by molar-refractivity contribution is -0.117. The molecule has 1 heterocycles. The molecule has 0 aromatic heterocycles. The summed E-state index contributed by atoms with van der Waals surface area (Å²) >= 11 is 1.98. The molecule has 1 atom stereocenters. The first-order chi connectivity index (χ1) is 8.65. The van der Waals surface area contributed by atoms with Crippen LogP contribution in [0.15, 0.2) is 18.2 Å². The lowest BCUT2D eigenvalue weighted by Crippen LogP contribution is -2.20. The molecule has 98 valence electrons. The Balaban J connectivity index is 1.92. The quantitative estimate of drug-likeness (QED) is 0.899. The van der Waals surface area contributed by atoms with Crippen LogP contribution < -0.4 is 5.32 Å². The Kier molecular flexibility index (Phi) is 4.70. The van der Waals surface area contributed by atoms with Crippen molar-refractivity contribution in [1.82, 2.24) is 0 Å². The van der Waals surface area contributed by atoms with Crippen molar-refractivity contribution in [2.45, 2.75) is 33.1 Å². The van der Waals surface area contributed by atoms with E-state index in [1.54, 1.807) is 0 Å². The maximum absolute atomic E-state index is 12.0. The number of carbonyl (C=O) groups excluding carboxylic acids is 1. The number of aryl methyl sites for hydroxylation is 2. The molecule has 1 aromatic carbocycles. The monoisotopic (exact) mass is 263 g/mol. The maximum Gasteiger partial charge on any atom is 0.224 e. The fourth-order valence-corrected chi connectivity index (χ4v) is 3.46. The predicted molar refractivity (Wildman–Crippen MR) is 79.2 cm³/mol. The fraction of sp³-hybridized carbons (Fsp3) is 0.533. The first kappa shape index (κ1) is 13.5. The van der Waals surface area contributed by atoms with E-state index in [4.69, 9.17) is 0 Å². The van der Waals surface area contributed by atoms with Crippen molar-refractivity contribution in [1.29, 1.82) is 0 Å². The standard InChI is InChI=1S/C15H21NOS/c1-11-5-6-12(2)14(8-11)16-15(17)9-13-4-3-7-18-10-13/h5-6,8,13H,3-4,7,9-10H2,1-2H3,(H,16,17). The summed E-state index contributed by atoms with van der Waals surface area (Å²) in [6, 6.07) is 6.17. The Bertz CT molecular complexity index is 425. The number of nitrogens with one attached hydrogen (secondary N) is 1. The van der Waals surface area contributed by atoms with E-state index in [1.807, 2.05) is 31.7 Å². The molecule has 1 N–H and O–H groups in total. The summed E-state index contributed by atoms with van der Waals surface area (Å²) in [6.07, 6.45) is 3.12. The summed E-state index contributed by atoms with van der Waals surface area (Å²) in [5.74, 6) is 3.13. The molecule has 1 saturated heterocycles. The predicted octanol–water partition coefficient (Wildman–Crippen LogP) is 3.78. The molecule has 2 rings (SSSR count). The molecule has 0 radical (unpaired) electrons. The van der Waals surface area contributed by atoms with Gasteiger partial charge in [0.05, 0.1) is 0 Å². The van der Waals surface area contributed by atoms with Crippen LogP contribution in [0, 0.1) is 19.8 Å². The first-order valence-corrected chi connectivity index (χ1v) is 7.75. The van der Waals surface area contributed by atoms with Gasteiger partial charge in [0.2, 0.25) is 5.91 Å². The molecular weight excluding hydrogens is 242 g/mol. The maximum atomic E-state index is 12.0. The molecule has 1 aliphatic heterocycles. The lowest BCUT2D eigenvalue weighted by atomic mass is 10.0. The Morgan fingerprint density at radius 1 is 1.44 bits per heavy atom. The van der Waals surface area contributed by atoms with Gasteiger partial charge < -0.3 is 5.32 Å². The number of carbonyl (C=O) groups is 1. The van der Waals surface area contributed by atoms with Gasteiger partial charge in [-0.1, -0.05) is 12.1 Å². The lowest BCUT2D eigenvalue weighted by Gasteiger charge is -2.20. The molecule has 1 aromatic rings. The third-order valence-electron chi connectivity index (χ3n) is 3.40. The van der Waals surface area contributed by atoms with Crippen molar-refractivity contribution < 1.29 is 4.79 Å². The molecule has 1 fully saturated rings. The van der Waals surface area contributed by atoms with Crippen LogP contribution in [0.5, 0.6) is 0 Å². The summed E-state index contributed by atoms with van der Waals surface area (Å²) in [6.45, 7) is 4.08. The fourth-order valence-electron chi connectivity index (χ4n) is 2.30. The molecule has 2 nitrogen and oxygen atoms in total. The highest BCUT2D eigenvalue weighted by atomic mass is 32.2. The minimum atomic E-state index is 0.163. The summed E-state index contributed by atoms with van der Waals surface area (Å²) in [7, 11) is 0. The minimum Gasteiger partial charge on any atom is -0.326 e. The van der Waals surface area contributed by atoms with Gasteiger partial charge in [0, 0.05) is 12.1 Å². The highest BCUT2D eigenvalue weighted by Gasteiger charge is 2.17. The number of hydrogen-bond donors (Lipinski definition) is 1. The summed E-state index contributed by atoms with van der Waals surface area (Å²) in [4.78, 5) is 12.0. The van der Waals surface area contributed by atoms with Gasteiger partial charge in [-0.05, 0) is 61.3 Å². The second kappa shape index (κ2) is 6.28. The van der Waals surface area contributed by atoms with Gasteiger partial charge in [-0.2, -0.15) is 11.8 Å². The molecule has 3 heteroatoms. The molecule has 0 spiro atoms. The molecule has 1 aliphatic rings. The van der Waals surface area contributed by atoms with E-state index in [0.717, 1.165) is 17.0 Å². The summed E-state index contributed by atoms with van der Waals surface area (Å²) in [5.41, 5.74) is 3.28. The van der Waals surface area contributed by atoms with Crippen LogP contribution in [-0.2, 0) is 4.79 Å². The van der Waals surface area contributed by atoms with Crippen LogP contribution in [-0.4, -0.2) is 17.4 Å². The van der Waals surface area contributed by atoms with E-state index < -0.39 is 0 Å². The van der Waals surface area contributed by atoms with Gasteiger partial charge in [-0.25, -0.2) is 0 Å². The highest BCUT2D eigenvalue weighted by Crippen LogP contribution is 2.25. The summed E-state index contributed by atoms with van der Waals surface area (Å²) < 4.78 is 0.